The van der Waals surface area contributed by atoms with E-state index in [-0.39, 0.29) is 11.6 Å². The van der Waals surface area contributed by atoms with Crippen LogP contribution in [-0.2, 0) is 0 Å². The van der Waals surface area contributed by atoms with Crippen LogP contribution in [0.4, 0.5) is 8.78 Å². The fraction of sp³-hybridized carbons (Fsp3) is 0.417. The number of carbonyl (C=O) groups excluding carboxylic acids is 1. The Morgan fingerprint density at radius 3 is 2.71 bits per heavy atom. The van der Waals surface area contributed by atoms with Gasteiger partial charge in [0.25, 0.3) is 5.91 Å². The third-order valence-electron chi connectivity index (χ3n) is 2.75. The third-order valence-corrected chi connectivity index (χ3v) is 2.75. The summed E-state index contributed by atoms with van der Waals surface area (Å²) in [5, 5.41) is 0. The molecule has 0 aliphatic rings. The molecule has 2 N–H and O–H groups in total. The molecule has 1 aromatic rings. The first-order valence-electron chi connectivity index (χ1n) is 5.40. The summed E-state index contributed by atoms with van der Waals surface area (Å²) in [6, 6.07) is 3.45. The van der Waals surface area contributed by atoms with Gasteiger partial charge in [0.1, 0.15) is 0 Å². The second-order valence-electron chi connectivity index (χ2n) is 3.94. The molecule has 1 amide bonds. The van der Waals surface area contributed by atoms with Gasteiger partial charge in [0.05, 0.1) is 5.56 Å². The van der Waals surface area contributed by atoms with Crippen LogP contribution in [0.15, 0.2) is 18.2 Å². The fourth-order valence-corrected chi connectivity index (χ4v) is 1.49. The zero-order valence-electron chi connectivity index (χ0n) is 9.91. The average molecular weight is 242 g/mol. The van der Waals surface area contributed by atoms with Crippen molar-refractivity contribution in [3.63, 3.8) is 0 Å². The van der Waals surface area contributed by atoms with Crippen molar-refractivity contribution in [2.24, 2.45) is 5.73 Å². The molecule has 0 saturated heterocycles. The highest BCUT2D eigenvalue weighted by atomic mass is 19.2. The smallest absolute Gasteiger partial charge is 0.256 e. The van der Waals surface area contributed by atoms with Crippen molar-refractivity contribution >= 4 is 5.91 Å². The van der Waals surface area contributed by atoms with Crippen LogP contribution in [0.3, 0.4) is 0 Å². The molecule has 0 saturated carbocycles. The monoisotopic (exact) mass is 242 g/mol. The van der Waals surface area contributed by atoms with Crippen LogP contribution in [0.5, 0.6) is 0 Å². The first kappa shape index (κ1) is 13.6. The van der Waals surface area contributed by atoms with Crippen LogP contribution >= 0.6 is 0 Å². The van der Waals surface area contributed by atoms with E-state index in [1.165, 1.54) is 17.0 Å². The molecule has 5 heteroatoms. The highest BCUT2D eigenvalue weighted by Crippen LogP contribution is 2.15. The largest absolute Gasteiger partial charge is 0.339 e. The number of halogens is 2. The molecule has 1 atom stereocenters. The predicted molar refractivity (Wildman–Crippen MR) is 61.6 cm³/mol. The van der Waals surface area contributed by atoms with Gasteiger partial charge < -0.3 is 10.6 Å². The lowest BCUT2D eigenvalue weighted by molar-refractivity contribution is 0.0733. The van der Waals surface area contributed by atoms with Crippen molar-refractivity contribution in [1.29, 1.82) is 0 Å². The number of benzene rings is 1. The van der Waals surface area contributed by atoms with Gasteiger partial charge in [0.15, 0.2) is 11.6 Å². The maximum atomic E-state index is 13.4. The Kier molecular flexibility index (Phi) is 4.57. The van der Waals surface area contributed by atoms with Crippen molar-refractivity contribution in [1.82, 2.24) is 4.90 Å². The normalized spacial score (nSPS) is 12.3. The van der Waals surface area contributed by atoms with E-state index in [0.717, 1.165) is 6.07 Å². The zero-order chi connectivity index (χ0) is 13.0. The number of rotatable bonds is 4. The summed E-state index contributed by atoms with van der Waals surface area (Å²) in [6.45, 7) is 2.24. The van der Waals surface area contributed by atoms with Crippen molar-refractivity contribution in [2.45, 2.75) is 19.4 Å². The van der Waals surface area contributed by atoms with Crippen molar-refractivity contribution in [3.05, 3.63) is 35.4 Å². The number of nitrogens with two attached hydrogens (primary N) is 1. The molecule has 3 nitrogen and oxygen atoms in total. The third kappa shape index (κ3) is 3.00. The summed E-state index contributed by atoms with van der Waals surface area (Å²) in [5.74, 6) is -2.66. The molecule has 94 valence electrons. The van der Waals surface area contributed by atoms with Gasteiger partial charge in [-0.3, -0.25) is 4.79 Å². The highest BCUT2D eigenvalue weighted by Gasteiger charge is 2.21. The maximum absolute atomic E-state index is 13.4. The molecule has 0 radical (unpaired) electrons. The molecule has 0 fully saturated rings. The number of hydrogen-bond donors (Lipinski definition) is 1. The van der Waals surface area contributed by atoms with Gasteiger partial charge in [-0.05, 0) is 32.0 Å². The van der Waals surface area contributed by atoms with Crippen LogP contribution in [0.2, 0.25) is 0 Å². The average Bonchev–Trinajstić information content (AvgIpc) is 2.31. The lowest BCUT2D eigenvalue weighted by atomic mass is 10.1. The minimum absolute atomic E-state index is 0.116. The van der Waals surface area contributed by atoms with Gasteiger partial charge >= 0.3 is 0 Å². The Bertz CT molecular complexity index is 409. The summed E-state index contributed by atoms with van der Waals surface area (Å²) in [4.78, 5) is 13.3. The molecule has 0 aromatic heterocycles. The van der Waals surface area contributed by atoms with Gasteiger partial charge in [-0.25, -0.2) is 8.78 Å². The van der Waals surface area contributed by atoms with E-state index in [1.807, 2.05) is 6.92 Å². The van der Waals surface area contributed by atoms with Crippen LogP contribution in [0, 0.1) is 11.6 Å². The molecule has 1 aromatic carbocycles. The molecular weight excluding hydrogens is 226 g/mol. The van der Waals surface area contributed by atoms with Crippen molar-refractivity contribution < 1.29 is 13.6 Å². The summed E-state index contributed by atoms with van der Waals surface area (Å²) in [6.07, 6.45) is 0.610. The minimum Gasteiger partial charge on any atom is -0.339 e. The summed E-state index contributed by atoms with van der Waals surface area (Å²) < 4.78 is 26.4. The Hall–Kier alpha value is -1.49. The SMILES string of the molecule is CC(CCN)N(C)C(=O)c1cccc(F)c1F. The van der Waals surface area contributed by atoms with Crippen molar-refractivity contribution in [2.75, 3.05) is 13.6 Å². The second kappa shape index (κ2) is 5.72. The van der Waals surface area contributed by atoms with Gasteiger partial charge in [-0.15, -0.1) is 0 Å². The quantitative estimate of drug-likeness (QED) is 0.874. The Morgan fingerprint density at radius 1 is 1.47 bits per heavy atom. The van der Waals surface area contributed by atoms with E-state index in [9.17, 15) is 13.6 Å². The van der Waals surface area contributed by atoms with Gasteiger partial charge in [-0.2, -0.15) is 0 Å². The lowest BCUT2D eigenvalue weighted by Crippen LogP contribution is -2.36. The van der Waals surface area contributed by atoms with E-state index >= 15 is 0 Å². The molecule has 0 spiro atoms. The van der Waals surface area contributed by atoms with E-state index in [1.54, 1.807) is 7.05 Å². The van der Waals surface area contributed by atoms with Crippen LogP contribution < -0.4 is 5.73 Å². The fourth-order valence-electron chi connectivity index (χ4n) is 1.49. The molecule has 0 bridgehead atoms. The number of carbonyl (C=O) groups is 1. The maximum Gasteiger partial charge on any atom is 0.256 e. The summed E-state index contributed by atoms with van der Waals surface area (Å²) in [5.41, 5.74) is 5.13. The molecule has 1 unspecified atom stereocenters. The lowest BCUT2D eigenvalue weighted by Gasteiger charge is -2.24. The molecule has 17 heavy (non-hydrogen) atoms. The van der Waals surface area contributed by atoms with E-state index in [0.29, 0.717) is 13.0 Å². The zero-order valence-corrected chi connectivity index (χ0v) is 9.91. The number of nitrogens with zero attached hydrogens (tertiary/aromatic N) is 1. The molecule has 0 aliphatic heterocycles. The van der Waals surface area contributed by atoms with Crippen LogP contribution in [0.1, 0.15) is 23.7 Å². The Morgan fingerprint density at radius 2 is 2.12 bits per heavy atom. The highest BCUT2D eigenvalue weighted by molar-refractivity contribution is 5.94. The van der Waals surface area contributed by atoms with Crippen LogP contribution in [-0.4, -0.2) is 30.4 Å². The topological polar surface area (TPSA) is 46.3 Å². The standard InChI is InChI=1S/C12H16F2N2O/c1-8(6-7-15)16(2)12(17)9-4-3-5-10(13)11(9)14/h3-5,8H,6-7,15H2,1-2H3. The Balaban J connectivity index is 2.93. The van der Waals surface area contributed by atoms with E-state index in [2.05, 4.69) is 0 Å². The molecule has 0 heterocycles. The molecule has 1 rings (SSSR count). The Labute approximate surface area is 99.2 Å². The summed E-state index contributed by atoms with van der Waals surface area (Å²) >= 11 is 0. The molecule has 0 aliphatic carbocycles. The number of amides is 1. The second-order valence-corrected chi connectivity index (χ2v) is 3.94. The first-order chi connectivity index (χ1) is 7.99. The predicted octanol–water partition coefficient (Wildman–Crippen LogP) is 1.77. The van der Waals surface area contributed by atoms with Gasteiger partial charge in [0, 0.05) is 13.1 Å². The molecular formula is C12H16F2N2O. The van der Waals surface area contributed by atoms with E-state index in [4.69, 9.17) is 5.73 Å². The number of hydrogen-bond acceptors (Lipinski definition) is 2. The van der Waals surface area contributed by atoms with Crippen LogP contribution in [0.25, 0.3) is 0 Å². The minimum atomic E-state index is -1.11. The van der Waals surface area contributed by atoms with Gasteiger partial charge in [-0.1, -0.05) is 6.07 Å². The summed E-state index contributed by atoms with van der Waals surface area (Å²) in [7, 11) is 1.55. The first-order valence-corrected chi connectivity index (χ1v) is 5.40. The van der Waals surface area contributed by atoms with E-state index < -0.39 is 17.5 Å². The van der Waals surface area contributed by atoms with Crippen molar-refractivity contribution in [3.8, 4) is 0 Å². The van der Waals surface area contributed by atoms with Gasteiger partial charge in [0.2, 0.25) is 0 Å².